The van der Waals surface area contributed by atoms with Crippen LogP contribution in [-0.2, 0) is 0 Å². The lowest BCUT2D eigenvalue weighted by Gasteiger charge is -2.03. The highest BCUT2D eigenvalue weighted by molar-refractivity contribution is 7.27. The van der Waals surface area contributed by atoms with Gasteiger partial charge >= 0.3 is 0 Å². The number of rotatable bonds is 1. The minimum Gasteiger partial charge on any atom is -0.455 e. The summed E-state index contributed by atoms with van der Waals surface area (Å²) >= 11 is 0. The fraction of sp³-hybridized carbons (Fsp3) is 0. The van der Waals surface area contributed by atoms with Crippen LogP contribution in [0.3, 0.4) is 0 Å². The smallest absolute Gasteiger partial charge is 0.143 e. The van der Waals surface area contributed by atoms with Crippen molar-refractivity contribution in [3.05, 3.63) is 66.7 Å². The largest absolute Gasteiger partial charge is 0.455 e. The van der Waals surface area contributed by atoms with E-state index < -0.39 is 0 Å². The fourth-order valence-corrected chi connectivity index (χ4v) is 2.97. The van der Waals surface area contributed by atoms with Crippen LogP contribution in [0, 0.1) is 0 Å². The Hall–Kier alpha value is -2.11. The quantitative estimate of drug-likeness (QED) is 0.457. The average molecular weight is 276 g/mol. The molecule has 4 rings (SSSR count). The van der Waals surface area contributed by atoms with Crippen molar-refractivity contribution in [3.8, 4) is 11.1 Å². The number of furan rings is 1. The zero-order chi connectivity index (χ0) is 13.5. The van der Waals surface area contributed by atoms with Crippen LogP contribution >= 0.6 is 9.24 Å². The van der Waals surface area contributed by atoms with Gasteiger partial charge in [0.15, 0.2) is 0 Å². The number of benzene rings is 3. The summed E-state index contributed by atoms with van der Waals surface area (Å²) < 4.78 is 6.07. The third kappa shape index (κ3) is 1.75. The summed E-state index contributed by atoms with van der Waals surface area (Å²) in [7, 11) is 2.74. The normalized spacial score (nSPS) is 11.2. The van der Waals surface area contributed by atoms with Crippen molar-refractivity contribution in [2.45, 2.75) is 0 Å². The van der Waals surface area contributed by atoms with Gasteiger partial charge in [0.1, 0.15) is 11.2 Å². The highest BCUT2D eigenvalue weighted by Crippen LogP contribution is 2.35. The standard InChI is InChI=1S/C18H13OP/c20-13-6-3-5-12(11-13)14-8-4-9-16-15-7-1-2-10-17(15)19-18(14)16/h1-11H,20H2. The van der Waals surface area contributed by atoms with Crippen molar-refractivity contribution in [3.63, 3.8) is 0 Å². The molecule has 0 amide bonds. The molecule has 2 heteroatoms. The van der Waals surface area contributed by atoms with Gasteiger partial charge in [-0.25, -0.2) is 0 Å². The van der Waals surface area contributed by atoms with Gasteiger partial charge in [0.2, 0.25) is 0 Å². The van der Waals surface area contributed by atoms with Gasteiger partial charge in [0.05, 0.1) is 0 Å². The SMILES string of the molecule is Pc1cccc(-c2cccc3c2oc2ccccc23)c1. The Morgan fingerprint density at radius 1 is 0.750 bits per heavy atom. The minimum absolute atomic E-state index is 0.942. The maximum absolute atomic E-state index is 6.07. The van der Waals surface area contributed by atoms with Crippen LogP contribution < -0.4 is 5.30 Å². The molecule has 0 radical (unpaired) electrons. The van der Waals surface area contributed by atoms with Crippen LogP contribution in [0.15, 0.2) is 71.1 Å². The topological polar surface area (TPSA) is 13.1 Å². The summed E-state index contributed by atoms with van der Waals surface area (Å²) in [5.41, 5.74) is 4.23. The van der Waals surface area contributed by atoms with Crippen LogP contribution in [0.1, 0.15) is 0 Å². The fourth-order valence-electron chi connectivity index (χ4n) is 2.68. The summed E-state index contributed by atoms with van der Waals surface area (Å²) in [4.78, 5) is 0. The van der Waals surface area contributed by atoms with Gasteiger partial charge < -0.3 is 4.42 Å². The second-order valence-electron chi connectivity index (χ2n) is 4.91. The summed E-state index contributed by atoms with van der Waals surface area (Å²) in [6, 6.07) is 22.9. The van der Waals surface area contributed by atoms with Crippen LogP contribution in [-0.4, -0.2) is 0 Å². The monoisotopic (exact) mass is 276 g/mol. The molecule has 0 bridgehead atoms. The molecule has 20 heavy (non-hydrogen) atoms. The Kier molecular flexibility index (Phi) is 2.61. The summed E-state index contributed by atoms with van der Waals surface area (Å²) in [6.07, 6.45) is 0. The second kappa shape index (κ2) is 4.47. The molecule has 96 valence electrons. The van der Waals surface area contributed by atoms with Crippen LogP contribution in [0.4, 0.5) is 0 Å². The van der Waals surface area contributed by atoms with Gasteiger partial charge in [0, 0.05) is 16.3 Å². The number of para-hydroxylation sites is 2. The molecule has 0 aliphatic carbocycles. The molecule has 1 aromatic heterocycles. The van der Waals surface area contributed by atoms with Crippen molar-refractivity contribution in [1.82, 2.24) is 0 Å². The van der Waals surface area contributed by atoms with Gasteiger partial charge in [-0.1, -0.05) is 54.6 Å². The minimum atomic E-state index is 0.942. The first-order chi connectivity index (χ1) is 9.83. The highest BCUT2D eigenvalue weighted by atomic mass is 31.0. The highest BCUT2D eigenvalue weighted by Gasteiger charge is 2.11. The third-order valence-corrected chi connectivity index (χ3v) is 3.96. The maximum Gasteiger partial charge on any atom is 0.143 e. The molecule has 0 N–H and O–H groups in total. The van der Waals surface area contributed by atoms with Gasteiger partial charge in [-0.3, -0.25) is 0 Å². The molecule has 1 heterocycles. The maximum atomic E-state index is 6.07. The number of hydrogen-bond acceptors (Lipinski definition) is 1. The number of hydrogen-bond donors (Lipinski definition) is 0. The van der Waals surface area contributed by atoms with E-state index in [0.717, 1.165) is 16.7 Å². The van der Waals surface area contributed by atoms with Crippen molar-refractivity contribution < 1.29 is 4.42 Å². The second-order valence-corrected chi connectivity index (χ2v) is 5.57. The molecule has 0 saturated heterocycles. The summed E-state index contributed by atoms with van der Waals surface area (Å²) in [6.45, 7) is 0. The van der Waals surface area contributed by atoms with Crippen LogP contribution in [0.2, 0.25) is 0 Å². The van der Waals surface area contributed by atoms with E-state index in [0.29, 0.717) is 0 Å². The van der Waals surface area contributed by atoms with Gasteiger partial charge in [-0.2, -0.15) is 0 Å². The van der Waals surface area contributed by atoms with Crippen molar-refractivity contribution in [2.24, 2.45) is 0 Å². The predicted molar refractivity (Wildman–Crippen MR) is 88.5 cm³/mol. The van der Waals surface area contributed by atoms with E-state index in [1.54, 1.807) is 0 Å². The first-order valence-corrected chi connectivity index (χ1v) is 7.17. The first kappa shape index (κ1) is 11.7. The van der Waals surface area contributed by atoms with E-state index in [2.05, 4.69) is 57.8 Å². The van der Waals surface area contributed by atoms with Crippen molar-refractivity contribution in [1.29, 1.82) is 0 Å². The zero-order valence-corrected chi connectivity index (χ0v) is 12.0. The molecule has 0 saturated carbocycles. The van der Waals surface area contributed by atoms with E-state index in [4.69, 9.17) is 4.42 Å². The van der Waals surface area contributed by atoms with Gasteiger partial charge in [-0.05, 0) is 23.0 Å². The molecular formula is C18H13OP. The Balaban J connectivity index is 2.10. The lowest BCUT2D eigenvalue weighted by molar-refractivity contribution is 0.670. The van der Waals surface area contributed by atoms with Gasteiger partial charge in [-0.15, -0.1) is 9.24 Å². The average Bonchev–Trinajstić information content (AvgIpc) is 2.86. The van der Waals surface area contributed by atoms with E-state index in [9.17, 15) is 0 Å². The van der Waals surface area contributed by atoms with Crippen LogP contribution in [0.25, 0.3) is 33.1 Å². The number of fused-ring (bicyclic) bond motifs is 3. The predicted octanol–water partition coefficient (Wildman–Crippen LogP) is 4.75. The van der Waals surface area contributed by atoms with E-state index in [1.165, 1.54) is 21.6 Å². The molecule has 3 aromatic carbocycles. The molecule has 1 unspecified atom stereocenters. The Labute approximate surface area is 119 Å². The molecule has 0 aliphatic heterocycles. The summed E-state index contributed by atoms with van der Waals surface area (Å²) in [5.74, 6) is 0. The molecule has 4 aromatic rings. The molecular weight excluding hydrogens is 263 g/mol. The molecule has 1 atom stereocenters. The van der Waals surface area contributed by atoms with Crippen molar-refractivity contribution in [2.75, 3.05) is 0 Å². The molecule has 0 aliphatic rings. The molecule has 0 fully saturated rings. The van der Waals surface area contributed by atoms with E-state index in [-0.39, 0.29) is 0 Å². The van der Waals surface area contributed by atoms with Gasteiger partial charge in [0.25, 0.3) is 0 Å². The third-order valence-electron chi connectivity index (χ3n) is 3.60. The Bertz CT molecular complexity index is 921. The molecule has 1 nitrogen and oxygen atoms in total. The van der Waals surface area contributed by atoms with E-state index in [1.807, 2.05) is 18.2 Å². The van der Waals surface area contributed by atoms with E-state index >= 15 is 0 Å². The lowest BCUT2D eigenvalue weighted by Crippen LogP contribution is -1.89. The lowest BCUT2D eigenvalue weighted by atomic mass is 10.0. The first-order valence-electron chi connectivity index (χ1n) is 6.59. The zero-order valence-electron chi connectivity index (χ0n) is 10.8. The Morgan fingerprint density at radius 3 is 2.45 bits per heavy atom. The Morgan fingerprint density at radius 2 is 1.55 bits per heavy atom. The van der Waals surface area contributed by atoms with Crippen molar-refractivity contribution >= 4 is 36.5 Å². The summed E-state index contributed by atoms with van der Waals surface area (Å²) in [5, 5.41) is 3.52. The van der Waals surface area contributed by atoms with Crippen LogP contribution in [0.5, 0.6) is 0 Å². The molecule has 0 spiro atoms.